The van der Waals surface area contributed by atoms with Crippen molar-refractivity contribution in [2.24, 2.45) is 5.73 Å². The summed E-state index contributed by atoms with van der Waals surface area (Å²) in [6, 6.07) is 6.16. The number of nitrogens with two attached hydrogens (primary N) is 1. The molecule has 1 rings (SSSR count). The zero-order valence-corrected chi connectivity index (χ0v) is 42.9. The molecule has 0 spiro atoms. The van der Waals surface area contributed by atoms with Gasteiger partial charge in [0.25, 0.3) is 0 Å². The second kappa shape index (κ2) is 47.3. The molecule has 0 saturated carbocycles. The van der Waals surface area contributed by atoms with Crippen LogP contribution in [0.3, 0.4) is 0 Å². The van der Waals surface area contributed by atoms with E-state index in [0.29, 0.717) is 44.2 Å². The lowest BCUT2D eigenvalue weighted by Crippen LogP contribution is -2.46. The van der Waals surface area contributed by atoms with Crippen molar-refractivity contribution in [2.75, 3.05) is 59.7 Å². The lowest BCUT2D eigenvalue weighted by molar-refractivity contribution is -0.134. The monoisotopic (exact) mass is 927 g/mol. The maximum absolute atomic E-state index is 13.5. The number of amides is 2. The van der Waals surface area contributed by atoms with E-state index in [1.807, 2.05) is 4.90 Å². The van der Waals surface area contributed by atoms with Gasteiger partial charge in [-0.3, -0.25) is 14.9 Å². The van der Waals surface area contributed by atoms with Crippen molar-refractivity contribution >= 4 is 11.8 Å². The molecule has 382 valence electrons. The smallest absolute Gasteiger partial charge is 0.237 e. The second-order valence-electron chi connectivity index (χ2n) is 18.4. The molecular weight excluding hydrogens is 825 g/mol. The van der Waals surface area contributed by atoms with Gasteiger partial charge in [-0.15, -0.1) is 0 Å². The average Bonchev–Trinajstić information content (AvgIpc) is 3.33. The molecule has 0 aromatic heterocycles. The number of ether oxygens (including phenoxy) is 3. The molecule has 5 N–H and O–H groups in total. The molecule has 1 unspecified atom stereocenters. The summed E-state index contributed by atoms with van der Waals surface area (Å²) in [7, 11) is 1.59. The van der Waals surface area contributed by atoms with Gasteiger partial charge in [0, 0.05) is 52.6 Å². The van der Waals surface area contributed by atoms with Crippen LogP contribution in [-0.2, 0) is 19.1 Å². The minimum atomic E-state index is -0.961. The van der Waals surface area contributed by atoms with Gasteiger partial charge in [0.1, 0.15) is 12.0 Å². The van der Waals surface area contributed by atoms with E-state index in [-0.39, 0.29) is 24.8 Å². The number of unbranched alkanes of at least 4 members (excludes halogenated alkanes) is 24. The number of allylic oxidation sites excluding steroid dienone is 4. The molecule has 0 aliphatic heterocycles. The molecule has 0 bridgehead atoms. The summed E-state index contributed by atoms with van der Waals surface area (Å²) in [6.07, 6.45) is 46.1. The topological polar surface area (TPSA) is 135 Å². The van der Waals surface area contributed by atoms with Crippen LogP contribution in [0.15, 0.2) is 48.6 Å². The van der Waals surface area contributed by atoms with Gasteiger partial charge in [0.2, 0.25) is 11.8 Å². The lowest BCUT2D eigenvalue weighted by atomic mass is 10.1. The number of benzene rings is 1. The fourth-order valence-corrected chi connectivity index (χ4v) is 8.02. The van der Waals surface area contributed by atoms with Gasteiger partial charge < -0.3 is 35.3 Å². The van der Waals surface area contributed by atoms with E-state index in [0.717, 1.165) is 38.9 Å². The van der Waals surface area contributed by atoms with Crippen molar-refractivity contribution in [1.82, 2.24) is 15.5 Å². The Kier molecular flexibility index (Phi) is 43.9. The first kappa shape index (κ1) is 61.3. The normalized spacial score (nSPS) is 12.6. The Morgan fingerprint density at radius 1 is 0.576 bits per heavy atom. The van der Waals surface area contributed by atoms with E-state index in [1.165, 1.54) is 167 Å². The van der Waals surface area contributed by atoms with Gasteiger partial charge in [-0.25, -0.2) is 0 Å². The first-order chi connectivity index (χ1) is 32.4. The summed E-state index contributed by atoms with van der Waals surface area (Å²) in [5.74, 6) is 0.190. The van der Waals surface area contributed by atoms with Gasteiger partial charge in [-0.2, -0.15) is 0 Å². The van der Waals surface area contributed by atoms with E-state index < -0.39 is 12.3 Å². The highest BCUT2D eigenvalue weighted by atomic mass is 16.5. The summed E-state index contributed by atoms with van der Waals surface area (Å²) < 4.78 is 17.1. The molecule has 1 aromatic rings. The van der Waals surface area contributed by atoms with Crippen LogP contribution in [0.2, 0.25) is 0 Å². The summed E-state index contributed by atoms with van der Waals surface area (Å²) in [6.45, 7) is 8.95. The Morgan fingerprint density at radius 2 is 0.970 bits per heavy atom. The number of hydrogen-bond donors (Lipinski definition) is 4. The maximum Gasteiger partial charge on any atom is 0.237 e. The van der Waals surface area contributed by atoms with Crippen LogP contribution in [0.4, 0.5) is 0 Å². The third kappa shape index (κ3) is 38.2. The Balaban J connectivity index is 2.30. The first-order valence-corrected chi connectivity index (χ1v) is 27.2. The fourth-order valence-electron chi connectivity index (χ4n) is 8.02. The Labute approximate surface area is 405 Å². The standard InChI is InChI=1S/C56H102N4O6/c1-4-6-8-10-12-14-16-18-20-22-24-26-28-30-32-34-46-65-48-36-44-60(45-37-49-66-47-35-33-31-29-27-25-23-21-19-17-15-13-11-9-7-5-2)54(61)50-53(57)56(63)59-43-42-58-55(62)51-38-40-52(64-3)41-39-51/h18-21,38-41,53,55,58,62H,4-17,22-37,42-50,57H2,1-3H3,(H,59,63)/b20-18-,21-19-/t53-,55?/m1/s1. The predicted molar refractivity (Wildman–Crippen MR) is 278 cm³/mol. The predicted octanol–water partition coefficient (Wildman–Crippen LogP) is 12.8. The molecule has 2 atom stereocenters. The van der Waals surface area contributed by atoms with Gasteiger partial charge in [0.15, 0.2) is 0 Å². The molecule has 66 heavy (non-hydrogen) atoms. The quantitative estimate of drug-likeness (QED) is 0.0288. The Morgan fingerprint density at radius 3 is 1.39 bits per heavy atom. The second-order valence-corrected chi connectivity index (χ2v) is 18.4. The molecule has 10 heteroatoms. The van der Waals surface area contributed by atoms with Gasteiger partial charge in [-0.1, -0.05) is 166 Å². The SMILES string of the molecule is CCCCCCCC/C=C\CCCCCCCCOCCCN(CCCOCCCCCCCC/C=C\CCCCCCCC)C(=O)C[C@@H](N)C(=O)NCCNC(O)c1ccc(OC)cc1. The molecule has 1 aromatic carbocycles. The van der Waals surface area contributed by atoms with Gasteiger partial charge in [0.05, 0.1) is 19.6 Å². The van der Waals surface area contributed by atoms with Gasteiger partial charge in [-0.05, 0) is 94.7 Å². The zero-order valence-electron chi connectivity index (χ0n) is 42.9. The highest BCUT2D eigenvalue weighted by molar-refractivity contribution is 5.88. The summed E-state index contributed by atoms with van der Waals surface area (Å²) in [5.41, 5.74) is 6.92. The molecule has 0 heterocycles. The van der Waals surface area contributed by atoms with Crippen molar-refractivity contribution < 1.29 is 28.9 Å². The molecule has 0 radical (unpaired) electrons. The highest BCUT2D eigenvalue weighted by Gasteiger charge is 2.21. The van der Waals surface area contributed by atoms with Gasteiger partial charge >= 0.3 is 0 Å². The van der Waals surface area contributed by atoms with Crippen LogP contribution < -0.4 is 21.1 Å². The number of aliphatic hydroxyl groups is 1. The molecule has 10 nitrogen and oxygen atoms in total. The minimum absolute atomic E-state index is 0.0690. The fraction of sp³-hybridized carbons (Fsp3) is 0.786. The number of carbonyl (C=O) groups is 2. The molecule has 0 aliphatic rings. The van der Waals surface area contributed by atoms with E-state index in [4.69, 9.17) is 19.9 Å². The number of hydrogen-bond acceptors (Lipinski definition) is 8. The van der Waals surface area contributed by atoms with Crippen LogP contribution in [0.1, 0.15) is 225 Å². The number of carbonyl (C=O) groups excluding carboxylic acids is 2. The molecule has 2 amide bonds. The highest BCUT2D eigenvalue weighted by Crippen LogP contribution is 2.16. The number of nitrogens with zero attached hydrogens (tertiary/aromatic N) is 1. The Bertz CT molecular complexity index is 1230. The third-order valence-electron chi connectivity index (χ3n) is 12.3. The summed E-state index contributed by atoms with van der Waals surface area (Å²) in [5, 5.41) is 16.2. The van der Waals surface area contributed by atoms with Crippen LogP contribution in [0.5, 0.6) is 5.75 Å². The zero-order chi connectivity index (χ0) is 47.8. The molecule has 0 aliphatic carbocycles. The van der Waals surface area contributed by atoms with Crippen molar-refractivity contribution in [3.63, 3.8) is 0 Å². The number of nitrogens with one attached hydrogen (secondary N) is 2. The molecule has 0 fully saturated rings. The van der Waals surface area contributed by atoms with Crippen molar-refractivity contribution in [3.05, 3.63) is 54.1 Å². The lowest BCUT2D eigenvalue weighted by Gasteiger charge is -2.24. The Hall–Kier alpha value is -2.76. The van der Waals surface area contributed by atoms with E-state index in [9.17, 15) is 14.7 Å². The maximum atomic E-state index is 13.5. The van der Waals surface area contributed by atoms with E-state index in [1.54, 1.807) is 31.4 Å². The van der Waals surface area contributed by atoms with E-state index in [2.05, 4.69) is 48.8 Å². The first-order valence-electron chi connectivity index (χ1n) is 27.2. The number of aliphatic hydroxyl groups excluding tert-OH is 1. The van der Waals surface area contributed by atoms with Crippen molar-refractivity contribution in [3.8, 4) is 5.75 Å². The van der Waals surface area contributed by atoms with E-state index >= 15 is 0 Å². The molecule has 0 saturated heterocycles. The molecular formula is C56H102N4O6. The minimum Gasteiger partial charge on any atom is -0.497 e. The van der Waals surface area contributed by atoms with Crippen LogP contribution >= 0.6 is 0 Å². The third-order valence-corrected chi connectivity index (χ3v) is 12.3. The number of methoxy groups -OCH3 is 1. The average molecular weight is 927 g/mol. The van der Waals surface area contributed by atoms with Crippen molar-refractivity contribution in [1.29, 1.82) is 0 Å². The van der Waals surface area contributed by atoms with Crippen LogP contribution in [0, 0.1) is 0 Å². The summed E-state index contributed by atoms with van der Waals surface area (Å²) >= 11 is 0. The summed E-state index contributed by atoms with van der Waals surface area (Å²) in [4.78, 5) is 28.1. The van der Waals surface area contributed by atoms with Crippen molar-refractivity contribution in [2.45, 2.75) is 225 Å². The number of rotatable bonds is 49. The van der Waals surface area contributed by atoms with Crippen LogP contribution in [-0.4, -0.2) is 87.6 Å². The largest absolute Gasteiger partial charge is 0.497 e. The van der Waals surface area contributed by atoms with Crippen LogP contribution in [0.25, 0.3) is 0 Å².